The maximum absolute atomic E-state index is 13.8. The van der Waals surface area contributed by atoms with Gasteiger partial charge in [0, 0.05) is 41.8 Å². The molecule has 10 N–H and O–H groups in total. The first-order valence-corrected chi connectivity index (χ1v) is 14.3. The Morgan fingerprint density at radius 3 is 2.26 bits per heavy atom. The van der Waals surface area contributed by atoms with Crippen LogP contribution in [0.25, 0.3) is 10.9 Å². The highest BCUT2D eigenvalue weighted by atomic mass is 16.4. The van der Waals surface area contributed by atoms with Gasteiger partial charge in [0.25, 0.3) is 0 Å². The molecule has 13 nitrogen and oxygen atoms in total. The van der Waals surface area contributed by atoms with Crippen molar-refractivity contribution in [3.05, 3.63) is 54.2 Å². The third kappa shape index (κ3) is 8.88. The molecule has 0 saturated carbocycles. The van der Waals surface area contributed by atoms with E-state index in [1.165, 1.54) is 12.5 Å². The number of carbonyl (C=O) groups excluding carboxylic acids is 3. The van der Waals surface area contributed by atoms with Crippen LogP contribution in [0.4, 0.5) is 0 Å². The summed E-state index contributed by atoms with van der Waals surface area (Å²) >= 11 is 0. The molecule has 2 aromatic heterocycles. The number of imidazole rings is 1. The fourth-order valence-electron chi connectivity index (χ4n) is 4.63. The van der Waals surface area contributed by atoms with Crippen LogP contribution < -0.4 is 27.4 Å². The van der Waals surface area contributed by atoms with Crippen LogP contribution in [0.2, 0.25) is 0 Å². The highest BCUT2D eigenvalue weighted by Crippen LogP contribution is 2.19. The van der Waals surface area contributed by atoms with Crippen LogP contribution in [0.3, 0.4) is 0 Å². The minimum absolute atomic E-state index is 0.0207. The highest BCUT2D eigenvalue weighted by molar-refractivity contribution is 5.95. The van der Waals surface area contributed by atoms with Crippen molar-refractivity contribution in [1.29, 1.82) is 0 Å². The summed E-state index contributed by atoms with van der Waals surface area (Å²) in [6, 6.07) is 3.38. The zero-order valence-electron chi connectivity index (χ0n) is 24.1. The molecule has 5 unspecified atom stereocenters. The standard InChI is InChI=1S/C29H42N8O5/c1-3-17(2)25(31)28(40)37-23(12-18-14-33-21-9-5-4-8-20(18)21)26(38)36-24(13-19-15-32-16-34-19)27(39)35-22(29(41)42)10-6-7-11-30/h4-5,8-9,14-17,22-25,33H,3,6-7,10-13,30-31H2,1-2H3,(H,32,34)(H,35,39)(H,36,38)(H,37,40)(H,41,42). The summed E-state index contributed by atoms with van der Waals surface area (Å²) < 4.78 is 0. The number of carbonyl (C=O) groups is 4. The molecule has 2 heterocycles. The van der Waals surface area contributed by atoms with Gasteiger partial charge in [0.15, 0.2) is 0 Å². The topological polar surface area (TPSA) is 221 Å². The minimum Gasteiger partial charge on any atom is -0.480 e. The van der Waals surface area contributed by atoms with Crippen LogP contribution >= 0.6 is 0 Å². The SMILES string of the molecule is CCC(C)C(N)C(=O)NC(Cc1c[nH]c2ccccc12)C(=O)NC(Cc1cnc[nH]1)C(=O)NC(CCCCN)C(=O)O. The molecule has 0 aliphatic rings. The molecule has 3 aromatic rings. The maximum Gasteiger partial charge on any atom is 0.326 e. The van der Waals surface area contributed by atoms with E-state index < -0.39 is 47.9 Å². The average molecular weight is 583 g/mol. The number of H-pyrrole nitrogens is 2. The van der Waals surface area contributed by atoms with Crippen molar-refractivity contribution in [3.8, 4) is 0 Å². The molecule has 0 saturated heterocycles. The number of nitrogens with zero attached hydrogens (tertiary/aromatic N) is 1. The van der Waals surface area contributed by atoms with Gasteiger partial charge in [-0.1, -0.05) is 38.5 Å². The summed E-state index contributed by atoms with van der Waals surface area (Å²) in [7, 11) is 0. The van der Waals surface area contributed by atoms with Crippen LogP contribution in [-0.2, 0) is 32.0 Å². The predicted octanol–water partition coefficient (Wildman–Crippen LogP) is 0.718. The van der Waals surface area contributed by atoms with Gasteiger partial charge in [-0.2, -0.15) is 0 Å². The van der Waals surface area contributed by atoms with Gasteiger partial charge in [-0.3, -0.25) is 14.4 Å². The number of fused-ring (bicyclic) bond motifs is 1. The Bertz CT molecular complexity index is 1320. The number of carboxylic acid groups (broad SMARTS) is 1. The minimum atomic E-state index is -1.18. The summed E-state index contributed by atoms with van der Waals surface area (Å²) in [6.07, 6.45) is 6.87. The number of aromatic nitrogens is 3. The highest BCUT2D eigenvalue weighted by Gasteiger charge is 2.32. The van der Waals surface area contributed by atoms with Crippen molar-refractivity contribution in [3.63, 3.8) is 0 Å². The first-order valence-electron chi connectivity index (χ1n) is 14.3. The Hall–Kier alpha value is -4.23. The van der Waals surface area contributed by atoms with Crippen molar-refractivity contribution in [2.75, 3.05) is 6.54 Å². The van der Waals surface area contributed by atoms with E-state index in [1.807, 2.05) is 38.1 Å². The number of amides is 3. The largest absolute Gasteiger partial charge is 0.480 e. The van der Waals surface area contributed by atoms with E-state index in [-0.39, 0.29) is 25.2 Å². The molecular weight excluding hydrogens is 540 g/mol. The molecule has 0 spiro atoms. The number of aromatic amines is 2. The molecule has 0 aliphatic carbocycles. The van der Waals surface area contributed by atoms with E-state index in [0.717, 1.165) is 16.5 Å². The molecular formula is C29H42N8O5. The number of hydrogen-bond donors (Lipinski definition) is 8. The number of para-hydroxylation sites is 1. The van der Waals surface area contributed by atoms with Gasteiger partial charge in [-0.15, -0.1) is 0 Å². The van der Waals surface area contributed by atoms with E-state index in [0.29, 0.717) is 31.5 Å². The number of rotatable bonds is 17. The zero-order valence-corrected chi connectivity index (χ0v) is 24.1. The van der Waals surface area contributed by atoms with Crippen LogP contribution in [0.1, 0.15) is 50.8 Å². The van der Waals surface area contributed by atoms with Gasteiger partial charge >= 0.3 is 5.97 Å². The fraction of sp³-hybridized carbons (Fsp3) is 0.483. The zero-order chi connectivity index (χ0) is 30.6. The molecule has 228 valence electrons. The molecule has 0 aliphatic heterocycles. The lowest BCUT2D eigenvalue weighted by Crippen LogP contribution is -2.58. The molecule has 0 radical (unpaired) electrons. The third-order valence-corrected chi connectivity index (χ3v) is 7.47. The lowest BCUT2D eigenvalue weighted by atomic mass is 9.98. The molecule has 0 bridgehead atoms. The van der Waals surface area contributed by atoms with E-state index in [9.17, 15) is 24.3 Å². The fourth-order valence-corrected chi connectivity index (χ4v) is 4.63. The van der Waals surface area contributed by atoms with Crippen molar-refractivity contribution in [1.82, 2.24) is 30.9 Å². The summed E-state index contributed by atoms with van der Waals surface area (Å²) in [5, 5.41) is 18.6. The van der Waals surface area contributed by atoms with Gasteiger partial charge in [-0.25, -0.2) is 9.78 Å². The number of nitrogens with two attached hydrogens (primary N) is 2. The number of benzene rings is 1. The second-order valence-electron chi connectivity index (χ2n) is 10.6. The summed E-state index contributed by atoms with van der Waals surface area (Å²) in [5.41, 5.74) is 13.9. The van der Waals surface area contributed by atoms with Crippen molar-refractivity contribution < 1.29 is 24.3 Å². The molecule has 5 atom stereocenters. The predicted molar refractivity (Wildman–Crippen MR) is 158 cm³/mol. The molecule has 1 aromatic carbocycles. The Balaban J connectivity index is 1.85. The van der Waals surface area contributed by atoms with Crippen LogP contribution in [0.15, 0.2) is 43.0 Å². The first-order chi connectivity index (χ1) is 20.1. The number of hydrogen-bond acceptors (Lipinski definition) is 7. The summed E-state index contributed by atoms with van der Waals surface area (Å²) in [4.78, 5) is 62.1. The van der Waals surface area contributed by atoms with Gasteiger partial charge < -0.3 is 42.5 Å². The van der Waals surface area contributed by atoms with Gasteiger partial charge in [-0.05, 0) is 43.4 Å². The maximum atomic E-state index is 13.8. The van der Waals surface area contributed by atoms with E-state index in [1.54, 1.807) is 6.20 Å². The van der Waals surface area contributed by atoms with Gasteiger partial charge in [0.05, 0.1) is 12.4 Å². The van der Waals surface area contributed by atoms with Crippen molar-refractivity contribution in [2.45, 2.75) is 76.5 Å². The molecule has 13 heteroatoms. The van der Waals surface area contributed by atoms with Gasteiger partial charge in [0.1, 0.15) is 18.1 Å². The molecule has 42 heavy (non-hydrogen) atoms. The summed E-state index contributed by atoms with van der Waals surface area (Å²) in [6.45, 7) is 4.19. The third-order valence-electron chi connectivity index (χ3n) is 7.47. The lowest BCUT2D eigenvalue weighted by Gasteiger charge is -2.26. The number of unbranched alkanes of at least 4 members (excludes halogenated alkanes) is 1. The Morgan fingerprint density at radius 1 is 0.952 bits per heavy atom. The lowest BCUT2D eigenvalue weighted by molar-refractivity contribution is -0.142. The molecule has 3 rings (SSSR count). The Labute approximate surface area is 244 Å². The van der Waals surface area contributed by atoms with E-state index in [4.69, 9.17) is 11.5 Å². The smallest absolute Gasteiger partial charge is 0.326 e. The Kier molecular flexibility index (Phi) is 12.1. The van der Waals surface area contributed by atoms with E-state index in [2.05, 4.69) is 30.9 Å². The number of nitrogens with one attached hydrogen (secondary N) is 5. The van der Waals surface area contributed by atoms with Crippen molar-refractivity contribution >= 4 is 34.6 Å². The average Bonchev–Trinajstić information content (AvgIpc) is 3.65. The number of carboxylic acids is 1. The second kappa shape index (κ2) is 15.7. The van der Waals surface area contributed by atoms with Crippen LogP contribution in [0.5, 0.6) is 0 Å². The molecule has 3 amide bonds. The molecule has 0 fully saturated rings. The van der Waals surface area contributed by atoms with Crippen LogP contribution in [-0.4, -0.2) is 74.5 Å². The monoisotopic (exact) mass is 582 g/mol. The quantitative estimate of drug-likeness (QED) is 0.106. The van der Waals surface area contributed by atoms with Gasteiger partial charge in [0.2, 0.25) is 17.7 Å². The number of aliphatic carboxylic acids is 1. The van der Waals surface area contributed by atoms with E-state index >= 15 is 0 Å². The van der Waals surface area contributed by atoms with Crippen molar-refractivity contribution in [2.24, 2.45) is 17.4 Å². The first kappa shape index (κ1) is 32.3. The summed E-state index contributed by atoms with van der Waals surface area (Å²) in [5.74, 6) is -3.07. The normalized spacial score (nSPS) is 14.9. The van der Waals surface area contributed by atoms with Crippen LogP contribution in [0, 0.1) is 5.92 Å². The Morgan fingerprint density at radius 2 is 1.62 bits per heavy atom. The second-order valence-corrected chi connectivity index (χ2v) is 10.6.